The zero-order valence-corrected chi connectivity index (χ0v) is 67.0. The third-order valence-corrected chi connectivity index (χ3v) is 28.8. The average molecular weight is 1580 g/mol. The summed E-state index contributed by atoms with van der Waals surface area (Å²) >= 11 is 0. The molecule has 0 aliphatic heterocycles. The number of pyridine rings is 8. The van der Waals surface area contributed by atoms with Crippen LogP contribution in [-0.2, 0) is 51.4 Å². The molecule has 12 aromatic carbocycles. The lowest BCUT2D eigenvalue weighted by atomic mass is 9.94. The van der Waals surface area contributed by atoms with E-state index in [1.807, 2.05) is 99.1 Å². The van der Waals surface area contributed by atoms with Gasteiger partial charge in [0.1, 0.15) is 22.6 Å². The first-order chi connectivity index (χ1) is 61.4. The molecule has 12 heteroatoms. The van der Waals surface area contributed by atoms with Crippen molar-refractivity contribution in [1.29, 1.82) is 0 Å². The van der Waals surface area contributed by atoms with Crippen LogP contribution in [-0.4, -0.2) is 57.5 Å². The number of rotatable bonds is 0. The Morgan fingerprint density at radius 3 is 0.903 bits per heavy atom. The molecular formula is C112H68N12. The highest BCUT2D eigenvalue weighted by Gasteiger charge is 2.34. The van der Waals surface area contributed by atoms with Crippen LogP contribution in [0.1, 0.15) is 89.0 Å². The molecular weight excluding hydrogens is 1510 g/mol. The van der Waals surface area contributed by atoms with Crippen LogP contribution in [0.5, 0.6) is 0 Å². The SMILES string of the molecule is c1ccc2c(c1)Cc1c-2ccc2c1-c1cc3c(cc1C2)c1ccncc1n1ccnc31.c1ccc2c(c1)Cc1c-2ccc2c1Cc1cc3c4ccncc4n4ccnc4c3cc1-2.c1ccc2c(c1)Cc1cc3c(cc1-2)-c1cc2c(cc1C3)c1ccncc1n1ccnc21.c1ccc2c(c1)Cc1cc3c(cc1-2)Cc1cc2c4ccncc4n4ccnc4c2cc1-3. The standard InChI is InChI=1S/4C28H17N3/c1-2-4-20-16(3-1)9-17-12-23-18(11-22(17)20)10-19-13-25-21-5-6-29-15-27(21)31-8-7-30-28(31)26(25)14-24(19)23;1-2-4-20-16(3-1)9-17-10-18-11-19-12-25-21-5-6-29-15-27(21)31-8-7-30-28(31)26(25)14-24(19)23(18)13-22(17)20;1-2-4-19-16(3-1)12-24-20(19)6-5-17-11-18-13-23-21-7-8-29-15-26(21)31-10-9-30-28(31)25(23)14-22(18)27(17)24;1-2-4-18-16(3-1)11-23-19(18)5-6-20-22-14-26-25(13-17(22)12-24(20)23)21-7-8-29-15-27(21)31-10-9-30-28(26)31/h1-8,11-15H,9-10H2;1-8,10,12-15H,9,11H2;2*1-10,13-15H,11-12H2. The Hall–Kier alpha value is -15.9. The van der Waals surface area contributed by atoms with Gasteiger partial charge in [-0.1, -0.05) is 127 Å². The molecule has 0 N–H and O–H groups in total. The Morgan fingerprint density at radius 1 is 0.177 bits per heavy atom. The lowest BCUT2D eigenvalue weighted by Gasteiger charge is -2.12. The van der Waals surface area contributed by atoms with Gasteiger partial charge in [0.05, 0.1) is 46.9 Å². The molecule has 24 aromatic rings. The van der Waals surface area contributed by atoms with Gasteiger partial charge >= 0.3 is 0 Å². The molecule has 12 heterocycles. The van der Waals surface area contributed by atoms with Crippen LogP contribution in [0.3, 0.4) is 0 Å². The van der Waals surface area contributed by atoms with Gasteiger partial charge in [-0.3, -0.25) is 37.5 Å². The van der Waals surface area contributed by atoms with Gasteiger partial charge in [-0.05, 0) is 342 Å². The average Bonchev–Trinajstić information content (AvgIpc) is 1.48. The van der Waals surface area contributed by atoms with Crippen molar-refractivity contribution in [3.05, 3.63) is 407 Å². The number of fused-ring (bicyclic) bond motifs is 50. The quantitative estimate of drug-likeness (QED) is 0.138. The van der Waals surface area contributed by atoms with E-state index in [0.29, 0.717) is 0 Å². The first kappa shape index (κ1) is 66.9. The summed E-state index contributed by atoms with van der Waals surface area (Å²) < 4.78 is 8.64. The van der Waals surface area contributed by atoms with E-state index in [-0.39, 0.29) is 0 Å². The summed E-state index contributed by atoms with van der Waals surface area (Å²) in [6.07, 6.45) is 39.1. The summed E-state index contributed by atoms with van der Waals surface area (Å²) in [4.78, 5) is 36.3. The fourth-order valence-electron chi connectivity index (χ4n) is 23.3. The predicted octanol–water partition coefficient (Wildman–Crippen LogP) is 24.7. The second kappa shape index (κ2) is 24.9. The van der Waals surface area contributed by atoms with E-state index in [4.69, 9.17) is 19.9 Å². The van der Waals surface area contributed by atoms with E-state index >= 15 is 0 Å². The molecule has 0 spiro atoms. The Labute approximate surface area is 709 Å². The Bertz CT molecular complexity index is 8970. The van der Waals surface area contributed by atoms with Crippen molar-refractivity contribution in [2.24, 2.45) is 0 Å². The molecule has 124 heavy (non-hydrogen) atoms. The molecule has 32 rings (SSSR count). The molecule has 12 nitrogen and oxygen atoms in total. The zero-order chi connectivity index (χ0) is 80.4. The van der Waals surface area contributed by atoms with Gasteiger partial charge in [-0.25, -0.2) is 19.9 Å². The number of benzene rings is 12. The molecule has 0 amide bonds. The smallest absolute Gasteiger partial charge is 0.145 e. The highest BCUT2D eigenvalue weighted by Crippen LogP contribution is 2.54. The van der Waals surface area contributed by atoms with Gasteiger partial charge in [0.2, 0.25) is 0 Å². The van der Waals surface area contributed by atoms with Gasteiger partial charge in [-0.2, -0.15) is 0 Å². The summed E-state index contributed by atoms with van der Waals surface area (Å²) in [7, 11) is 0. The maximum absolute atomic E-state index is 4.72. The van der Waals surface area contributed by atoms with Crippen LogP contribution in [0, 0.1) is 0 Å². The van der Waals surface area contributed by atoms with E-state index in [0.717, 1.165) is 96.0 Å². The van der Waals surface area contributed by atoms with E-state index < -0.39 is 0 Å². The van der Waals surface area contributed by atoms with E-state index in [1.54, 1.807) is 0 Å². The summed E-state index contributed by atoms with van der Waals surface area (Å²) in [6, 6.07) is 82.0. The lowest BCUT2D eigenvalue weighted by Crippen LogP contribution is -1.93. The highest BCUT2D eigenvalue weighted by molar-refractivity contribution is 6.18. The largest absolute Gasteiger partial charge is 0.298 e. The molecule has 0 fully saturated rings. The van der Waals surface area contributed by atoms with Crippen molar-refractivity contribution in [3.8, 4) is 89.0 Å². The molecule has 576 valence electrons. The van der Waals surface area contributed by atoms with Gasteiger partial charge < -0.3 is 0 Å². The monoisotopic (exact) mass is 1580 g/mol. The molecule has 8 aliphatic rings. The topological polar surface area (TPSA) is 121 Å². The molecule has 0 bridgehead atoms. The summed E-state index contributed by atoms with van der Waals surface area (Å²) in [5.74, 6) is 0. The zero-order valence-electron chi connectivity index (χ0n) is 67.0. The van der Waals surface area contributed by atoms with Crippen molar-refractivity contribution in [2.45, 2.75) is 51.4 Å². The second-order valence-corrected chi connectivity index (χ2v) is 34.9. The van der Waals surface area contributed by atoms with Crippen molar-refractivity contribution in [3.63, 3.8) is 0 Å². The van der Waals surface area contributed by atoms with Gasteiger partial charge in [0, 0.05) is 117 Å². The molecule has 12 aromatic heterocycles. The second-order valence-electron chi connectivity index (χ2n) is 34.9. The molecule has 8 aliphatic carbocycles. The normalized spacial score (nSPS) is 13.5. The van der Waals surface area contributed by atoms with Crippen molar-refractivity contribution < 1.29 is 0 Å². The maximum Gasteiger partial charge on any atom is 0.145 e. The molecule has 0 unspecified atom stereocenters. The molecule has 0 saturated carbocycles. The number of hydrogen-bond donors (Lipinski definition) is 0. The number of nitrogens with zero attached hydrogens (tertiary/aromatic N) is 12. The van der Waals surface area contributed by atoms with Crippen LogP contribution in [0.25, 0.3) is 198 Å². The number of aromatic nitrogens is 12. The summed E-state index contributed by atoms with van der Waals surface area (Å²) in [5, 5.41) is 14.8. The number of hydrogen-bond acceptors (Lipinski definition) is 8. The Kier molecular flexibility index (Phi) is 13.4. The van der Waals surface area contributed by atoms with Crippen LogP contribution in [0.2, 0.25) is 0 Å². The van der Waals surface area contributed by atoms with Crippen LogP contribution in [0.4, 0.5) is 0 Å². The maximum atomic E-state index is 4.72. The van der Waals surface area contributed by atoms with Crippen molar-refractivity contribution in [1.82, 2.24) is 57.5 Å². The van der Waals surface area contributed by atoms with E-state index in [9.17, 15) is 0 Å². The van der Waals surface area contributed by atoms with Crippen molar-refractivity contribution >= 4 is 109 Å². The molecule has 0 atom stereocenters. The first-order valence-electron chi connectivity index (χ1n) is 43.0. The Balaban J connectivity index is 0.0000000828. The highest BCUT2D eigenvalue weighted by atomic mass is 15.0. The van der Waals surface area contributed by atoms with Crippen molar-refractivity contribution in [2.75, 3.05) is 0 Å². The minimum Gasteiger partial charge on any atom is -0.298 e. The summed E-state index contributed by atoms with van der Waals surface area (Å²) in [6.45, 7) is 0. The van der Waals surface area contributed by atoms with Gasteiger partial charge in [0.15, 0.2) is 0 Å². The fourth-order valence-corrected chi connectivity index (χ4v) is 23.3. The van der Waals surface area contributed by atoms with E-state index in [2.05, 4.69) is 256 Å². The van der Waals surface area contributed by atoms with Crippen LogP contribution < -0.4 is 0 Å². The first-order valence-corrected chi connectivity index (χ1v) is 43.0. The van der Waals surface area contributed by atoms with Gasteiger partial charge in [0.25, 0.3) is 0 Å². The van der Waals surface area contributed by atoms with Gasteiger partial charge in [-0.15, -0.1) is 0 Å². The third kappa shape index (κ3) is 9.34. The number of imidazole rings is 4. The predicted molar refractivity (Wildman–Crippen MR) is 498 cm³/mol. The molecule has 0 radical (unpaired) electrons. The van der Waals surface area contributed by atoms with Crippen LogP contribution in [0.15, 0.2) is 318 Å². The molecule has 0 saturated heterocycles. The Morgan fingerprint density at radius 2 is 0.460 bits per heavy atom. The van der Waals surface area contributed by atoms with E-state index in [1.165, 1.54) is 243 Å². The lowest BCUT2D eigenvalue weighted by molar-refractivity contribution is 1.16. The minimum absolute atomic E-state index is 0.988. The fraction of sp³-hybridized carbons (Fsp3) is 0.0714. The minimum atomic E-state index is 0.988. The summed E-state index contributed by atoms with van der Waals surface area (Å²) in [5.41, 5.74) is 53.9. The van der Waals surface area contributed by atoms with Crippen LogP contribution >= 0.6 is 0 Å². The third-order valence-electron chi connectivity index (χ3n) is 28.8.